The number of benzene rings is 1. The second kappa shape index (κ2) is 8.90. The van der Waals surface area contributed by atoms with Gasteiger partial charge in [-0.25, -0.2) is 14.5 Å². The van der Waals surface area contributed by atoms with E-state index in [2.05, 4.69) is 26.9 Å². The van der Waals surface area contributed by atoms with E-state index in [-0.39, 0.29) is 5.91 Å². The lowest BCUT2D eigenvalue weighted by molar-refractivity contribution is 0.0303. The monoisotopic (exact) mass is 458 g/mol. The molecule has 2 N–H and O–H groups in total. The zero-order valence-corrected chi connectivity index (χ0v) is 18.3. The second-order valence-electron chi connectivity index (χ2n) is 7.45. The number of pyridine rings is 1. The van der Waals surface area contributed by atoms with Crippen molar-refractivity contribution in [2.24, 2.45) is 0 Å². The van der Waals surface area contributed by atoms with Crippen LogP contribution < -0.4 is 5.73 Å². The number of amides is 1. The molecule has 0 unspecified atom stereocenters. The molecule has 1 aromatic carbocycles. The second-order valence-corrected chi connectivity index (χ2v) is 7.86. The third-order valence-electron chi connectivity index (χ3n) is 5.27. The largest absolute Gasteiger partial charge is 0.384 e. The molecular formula is C24H19ClN6O2. The Morgan fingerprint density at radius 1 is 1.06 bits per heavy atom. The standard InChI is InChI=1S/C24H19ClN6O2/c25-20-14-17(2-4-19(20)24(32)30-9-11-33-12-10-30)21-5-6-23-28-15-18(31(23)29-21)3-1-16-7-8-27-22(26)13-16/h2,4-8,13-15H,9-12H2,(H2,26,27). The molecule has 3 aromatic heterocycles. The van der Waals surface area contributed by atoms with Crippen LogP contribution in [-0.4, -0.2) is 56.7 Å². The number of ether oxygens (including phenoxy) is 1. The molecule has 1 amide bonds. The molecule has 1 aliphatic rings. The van der Waals surface area contributed by atoms with Crippen LogP contribution in [-0.2, 0) is 4.74 Å². The summed E-state index contributed by atoms with van der Waals surface area (Å²) >= 11 is 6.49. The Labute approximate surface area is 195 Å². The summed E-state index contributed by atoms with van der Waals surface area (Å²) in [6, 6.07) is 12.5. The highest BCUT2D eigenvalue weighted by Gasteiger charge is 2.21. The molecule has 9 heteroatoms. The Kier molecular flexibility index (Phi) is 5.65. The number of nitrogens with two attached hydrogens (primary N) is 1. The Bertz CT molecular complexity index is 1420. The van der Waals surface area contributed by atoms with E-state index < -0.39 is 0 Å². The maximum absolute atomic E-state index is 12.8. The summed E-state index contributed by atoms with van der Waals surface area (Å²) in [4.78, 5) is 22.9. The number of rotatable bonds is 2. The van der Waals surface area contributed by atoms with E-state index in [1.807, 2.05) is 18.2 Å². The van der Waals surface area contributed by atoms with E-state index in [0.29, 0.717) is 59.7 Å². The zero-order chi connectivity index (χ0) is 22.8. The lowest BCUT2D eigenvalue weighted by atomic mass is 10.1. The first-order valence-electron chi connectivity index (χ1n) is 10.3. The maximum Gasteiger partial charge on any atom is 0.255 e. The van der Waals surface area contributed by atoms with E-state index >= 15 is 0 Å². The van der Waals surface area contributed by atoms with Crippen LogP contribution in [0.2, 0.25) is 5.02 Å². The number of hydrogen-bond acceptors (Lipinski definition) is 6. The number of anilines is 1. The van der Waals surface area contributed by atoms with Gasteiger partial charge in [-0.05, 0) is 42.3 Å². The number of hydrogen-bond donors (Lipinski definition) is 1. The van der Waals surface area contributed by atoms with Crippen LogP contribution in [0.25, 0.3) is 16.9 Å². The van der Waals surface area contributed by atoms with Gasteiger partial charge in [0.1, 0.15) is 11.5 Å². The summed E-state index contributed by atoms with van der Waals surface area (Å²) in [6.45, 7) is 2.20. The van der Waals surface area contributed by atoms with Gasteiger partial charge in [-0.1, -0.05) is 23.6 Å². The normalized spacial score (nSPS) is 13.5. The Morgan fingerprint density at radius 2 is 1.91 bits per heavy atom. The summed E-state index contributed by atoms with van der Waals surface area (Å²) < 4.78 is 6.99. The van der Waals surface area contributed by atoms with Crippen LogP contribution in [0.5, 0.6) is 0 Å². The van der Waals surface area contributed by atoms with Crippen LogP contribution in [0.3, 0.4) is 0 Å². The topological polar surface area (TPSA) is 98.6 Å². The minimum absolute atomic E-state index is 0.0952. The highest BCUT2D eigenvalue weighted by Crippen LogP contribution is 2.26. The molecule has 1 aliphatic heterocycles. The van der Waals surface area contributed by atoms with Gasteiger partial charge in [-0.15, -0.1) is 0 Å². The number of imidazole rings is 1. The molecule has 4 aromatic rings. The minimum Gasteiger partial charge on any atom is -0.384 e. The molecule has 0 spiro atoms. The first-order valence-corrected chi connectivity index (χ1v) is 10.7. The lowest BCUT2D eigenvalue weighted by Gasteiger charge is -2.27. The van der Waals surface area contributed by atoms with E-state index in [1.54, 1.807) is 46.1 Å². The van der Waals surface area contributed by atoms with Crippen LogP contribution >= 0.6 is 11.6 Å². The van der Waals surface area contributed by atoms with E-state index in [9.17, 15) is 4.79 Å². The fraction of sp³-hybridized carbons (Fsp3) is 0.167. The van der Waals surface area contributed by atoms with E-state index in [1.165, 1.54) is 0 Å². The van der Waals surface area contributed by atoms with Crippen molar-refractivity contribution in [3.05, 3.63) is 76.7 Å². The highest BCUT2D eigenvalue weighted by molar-refractivity contribution is 6.34. The van der Waals surface area contributed by atoms with Gasteiger partial charge in [0.05, 0.1) is 35.7 Å². The van der Waals surface area contributed by atoms with Crippen molar-refractivity contribution in [1.29, 1.82) is 0 Å². The van der Waals surface area contributed by atoms with Gasteiger partial charge in [0.2, 0.25) is 0 Å². The third kappa shape index (κ3) is 4.37. The third-order valence-corrected chi connectivity index (χ3v) is 5.58. The van der Waals surface area contributed by atoms with Gasteiger partial charge in [-0.2, -0.15) is 5.10 Å². The zero-order valence-electron chi connectivity index (χ0n) is 17.5. The first kappa shape index (κ1) is 20.9. The van der Waals surface area contributed by atoms with Crippen molar-refractivity contribution in [3.8, 4) is 23.1 Å². The average Bonchev–Trinajstić information content (AvgIpc) is 3.25. The van der Waals surface area contributed by atoms with Crippen molar-refractivity contribution in [2.75, 3.05) is 32.0 Å². The highest BCUT2D eigenvalue weighted by atomic mass is 35.5. The molecule has 33 heavy (non-hydrogen) atoms. The Hall–Kier alpha value is -3.93. The van der Waals surface area contributed by atoms with Crippen LogP contribution in [0.1, 0.15) is 21.6 Å². The van der Waals surface area contributed by atoms with Crippen LogP contribution in [0.15, 0.2) is 54.9 Å². The van der Waals surface area contributed by atoms with Crippen molar-refractivity contribution < 1.29 is 9.53 Å². The molecular weight excluding hydrogens is 440 g/mol. The summed E-state index contributed by atoms with van der Waals surface area (Å²) in [6.07, 6.45) is 3.28. The molecule has 8 nitrogen and oxygen atoms in total. The SMILES string of the molecule is Nc1cc(C#Cc2cnc3ccc(-c4ccc(C(=O)N5CCOCC5)c(Cl)c4)nn23)ccn1. The number of nitrogens with zero attached hydrogens (tertiary/aromatic N) is 5. The fourth-order valence-corrected chi connectivity index (χ4v) is 3.82. The maximum atomic E-state index is 12.8. The quantitative estimate of drug-likeness (QED) is 0.464. The number of carbonyl (C=O) groups excluding carboxylic acids is 1. The lowest BCUT2D eigenvalue weighted by Crippen LogP contribution is -2.40. The van der Waals surface area contributed by atoms with Crippen LogP contribution in [0.4, 0.5) is 5.82 Å². The minimum atomic E-state index is -0.0952. The molecule has 0 atom stereocenters. The molecule has 0 radical (unpaired) electrons. The van der Waals surface area contributed by atoms with E-state index in [0.717, 1.165) is 11.1 Å². The van der Waals surface area contributed by atoms with Crippen molar-refractivity contribution in [2.45, 2.75) is 0 Å². The van der Waals surface area contributed by atoms with Gasteiger partial charge in [-0.3, -0.25) is 4.79 Å². The van der Waals surface area contributed by atoms with Gasteiger partial charge in [0, 0.05) is 30.4 Å². The number of morpholine rings is 1. The molecule has 0 bridgehead atoms. The summed E-state index contributed by atoms with van der Waals surface area (Å²) in [5.74, 6) is 6.45. The molecule has 164 valence electrons. The number of halogens is 1. The fourth-order valence-electron chi connectivity index (χ4n) is 3.56. The predicted octanol–water partition coefficient (Wildman–Crippen LogP) is 2.90. The number of aromatic nitrogens is 4. The number of carbonyl (C=O) groups is 1. The van der Waals surface area contributed by atoms with Crippen molar-refractivity contribution >= 4 is 29.0 Å². The smallest absolute Gasteiger partial charge is 0.255 e. The van der Waals surface area contributed by atoms with Gasteiger partial charge in [0.15, 0.2) is 5.65 Å². The van der Waals surface area contributed by atoms with E-state index in [4.69, 9.17) is 22.1 Å². The Morgan fingerprint density at radius 3 is 2.70 bits per heavy atom. The predicted molar refractivity (Wildman–Crippen MR) is 125 cm³/mol. The van der Waals surface area contributed by atoms with Crippen molar-refractivity contribution in [1.82, 2.24) is 24.5 Å². The average molecular weight is 459 g/mol. The first-order chi connectivity index (χ1) is 16.1. The van der Waals surface area contributed by atoms with Gasteiger partial charge < -0.3 is 15.4 Å². The molecule has 4 heterocycles. The molecule has 0 aliphatic carbocycles. The van der Waals surface area contributed by atoms with Gasteiger partial charge in [0.25, 0.3) is 5.91 Å². The molecule has 1 saturated heterocycles. The Balaban J connectivity index is 1.45. The number of fused-ring (bicyclic) bond motifs is 1. The summed E-state index contributed by atoms with van der Waals surface area (Å²) in [7, 11) is 0. The summed E-state index contributed by atoms with van der Waals surface area (Å²) in [5, 5.41) is 5.07. The summed E-state index contributed by atoms with van der Waals surface area (Å²) in [5.41, 5.74) is 9.71. The van der Waals surface area contributed by atoms with Crippen molar-refractivity contribution in [3.63, 3.8) is 0 Å². The molecule has 0 saturated carbocycles. The van der Waals surface area contributed by atoms with Gasteiger partial charge >= 0.3 is 0 Å². The molecule has 5 rings (SSSR count). The molecule has 1 fully saturated rings. The van der Waals surface area contributed by atoms with Crippen LogP contribution in [0, 0.1) is 11.8 Å². The number of nitrogen functional groups attached to an aromatic ring is 1.